The van der Waals surface area contributed by atoms with E-state index in [1.54, 1.807) is 29.2 Å². The molecule has 160 valence electrons. The molecule has 1 aliphatic heterocycles. The number of carbonyl (C=O) groups is 3. The highest BCUT2D eigenvalue weighted by Gasteiger charge is 2.26. The van der Waals surface area contributed by atoms with Crippen LogP contribution in [0.25, 0.3) is 0 Å². The quantitative estimate of drug-likeness (QED) is 0.496. The van der Waals surface area contributed by atoms with Crippen molar-refractivity contribution in [2.75, 3.05) is 32.8 Å². The van der Waals surface area contributed by atoms with E-state index in [2.05, 4.69) is 12.2 Å². The van der Waals surface area contributed by atoms with Crippen molar-refractivity contribution >= 4 is 17.8 Å². The molecule has 2 atom stereocenters. The highest BCUT2D eigenvalue weighted by Crippen LogP contribution is 2.13. The number of nitrogens with one attached hydrogen (secondary N) is 1. The Morgan fingerprint density at radius 3 is 2.41 bits per heavy atom. The molecule has 0 bridgehead atoms. The van der Waals surface area contributed by atoms with Gasteiger partial charge < -0.3 is 24.4 Å². The first-order valence-corrected chi connectivity index (χ1v) is 9.99. The number of nitrogens with zero attached hydrogens (tertiary/aromatic N) is 1. The number of amides is 2. The first-order valence-electron chi connectivity index (χ1n) is 9.99. The molecule has 1 heterocycles. The maximum absolute atomic E-state index is 12.2. The molecule has 0 aromatic heterocycles. The Balaban J connectivity index is 1.70. The van der Waals surface area contributed by atoms with Gasteiger partial charge in [-0.2, -0.15) is 0 Å². The number of ether oxygens (including phenoxy) is 3. The third-order valence-corrected chi connectivity index (χ3v) is 4.41. The number of hydrogen-bond donors (Lipinski definition) is 1. The molecule has 1 N–H and O–H groups in total. The lowest BCUT2D eigenvalue weighted by molar-refractivity contribution is -0.156. The molecule has 1 aromatic carbocycles. The van der Waals surface area contributed by atoms with Crippen molar-refractivity contribution in [2.45, 2.75) is 45.8 Å². The van der Waals surface area contributed by atoms with E-state index in [9.17, 15) is 14.4 Å². The van der Waals surface area contributed by atoms with Crippen LogP contribution in [-0.2, 0) is 19.1 Å². The second kappa shape index (κ2) is 11.4. The van der Waals surface area contributed by atoms with Crippen molar-refractivity contribution in [3.05, 3.63) is 29.8 Å². The molecule has 1 fully saturated rings. The second-order valence-corrected chi connectivity index (χ2v) is 7.13. The van der Waals surface area contributed by atoms with Crippen LogP contribution in [0.3, 0.4) is 0 Å². The van der Waals surface area contributed by atoms with E-state index in [1.165, 1.54) is 0 Å². The first kappa shape index (κ1) is 22.7. The van der Waals surface area contributed by atoms with Crippen molar-refractivity contribution in [1.82, 2.24) is 10.2 Å². The topological polar surface area (TPSA) is 94.2 Å². The highest BCUT2D eigenvalue weighted by molar-refractivity contribution is 5.96. The zero-order valence-electron chi connectivity index (χ0n) is 17.3. The number of carbonyl (C=O) groups excluding carboxylic acids is 3. The summed E-state index contributed by atoms with van der Waals surface area (Å²) in [5.41, 5.74) is 0.410. The smallest absolute Gasteiger partial charge is 0.325 e. The minimum atomic E-state index is -0.666. The van der Waals surface area contributed by atoms with Crippen molar-refractivity contribution < 1.29 is 28.6 Å². The Kier molecular flexibility index (Phi) is 8.92. The zero-order valence-corrected chi connectivity index (χ0v) is 17.3. The molecule has 0 aliphatic carbocycles. The Morgan fingerprint density at radius 2 is 1.79 bits per heavy atom. The van der Waals surface area contributed by atoms with Crippen molar-refractivity contribution in [2.24, 2.45) is 0 Å². The summed E-state index contributed by atoms with van der Waals surface area (Å²) in [6.45, 7) is 6.78. The number of unbranched alkanes of at least 4 members (excludes halogenated alkanes) is 1. The molecule has 8 heteroatoms. The van der Waals surface area contributed by atoms with E-state index in [-0.39, 0.29) is 31.3 Å². The lowest BCUT2D eigenvalue weighted by atomic mass is 10.2. The zero-order chi connectivity index (χ0) is 21.2. The third kappa shape index (κ3) is 7.73. The van der Waals surface area contributed by atoms with E-state index in [0.29, 0.717) is 31.0 Å². The van der Waals surface area contributed by atoms with Gasteiger partial charge in [-0.3, -0.25) is 14.4 Å². The molecule has 1 aliphatic rings. The van der Waals surface area contributed by atoms with Gasteiger partial charge in [0.15, 0.2) is 6.61 Å². The monoisotopic (exact) mass is 406 g/mol. The van der Waals surface area contributed by atoms with E-state index in [0.717, 1.165) is 12.8 Å². The fraction of sp³-hybridized carbons (Fsp3) is 0.571. The fourth-order valence-electron chi connectivity index (χ4n) is 2.96. The van der Waals surface area contributed by atoms with Gasteiger partial charge in [-0.25, -0.2) is 0 Å². The van der Waals surface area contributed by atoms with Crippen LogP contribution in [0.15, 0.2) is 24.3 Å². The SMILES string of the molecule is CCCCOc1ccc(C(=O)NCC(=O)OCC(=O)N2C[C@@H](C)O[C@@H](C)C2)cc1. The molecule has 0 radical (unpaired) electrons. The Morgan fingerprint density at radius 1 is 1.14 bits per heavy atom. The Hall–Kier alpha value is -2.61. The lowest BCUT2D eigenvalue weighted by Crippen LogP contribution is -2.49. The molecule has 29 heavy (non-hydrogen) atoms. The van der Waals surface area contributed by atoms with E-state index in [4.69, 9.17) is 14.2 Å². The van der Waals surface area contributed by atoms with Crippen LogP contribution in [0, 0.1) is 0 Å². The van der Waals surface area contributed by atoms with Crippen LogP contribution in [0.4, 0.5) is 0 Å². The number of rotatable bonds is 9. The largest absolute Gasteiger partial charge is 0.494 e. The first-order chi connectivity index (χ1) is 13.9. The second-order valence-electron chi connectivity index (χ2n) is 7.13. The minimum absolute atomic E-state index is 0.0545. The normalized spacial score (nSPS) is 18.8. The van der Waals surface area contributed by atoms with E-state index in [1.807, 2.05) is 13.8 Å². The van der Waals surface area contributed by atoms with Gasteiger partial charge in [0.1, 0.15) is 12.3 Å². The summed E-state index contributed by atoms with van der Waals surface area (Å²) in [6, 6.07) is 6.69. The Labute approximate surface area is 171 Å². The molecule has 1 saturated heterocycles. The summed E-state index contributed by atoms with van der Waals surface area (Å²) < 4.78 is 16.1. The number of hydrogen-bond acceptors (Lipinski definition) is 6. The van der Waals surface area contributed by atoms with Crippen LogP contribution in [0.5, 0.6) is 5.75 Å². The van der Waals surface area contributed by atoms with Crippen molar-refractivity contribution in [3.8, 4) is 5.75 Å². The van der Waals surface area contributed by atoms with Gasteiger partial charge in [0.25, 0.3) is 11.8 Å². The molecule has 2 amide bonds. The fourth-order valence-corrected chi connectivity index (χ4v) is 2.96. The van der Waals surface area contributed by atoms with Crippen LogP contribution in [-0.4, -0.2) is 67.7 Å². The highest BCUT2D eigenvalue weighted by atomic mass is 16.5. The molecule has 2 rings (SSSR count). The summed E-state index contributed by atoms with van der Waals surface area (Å²) in [4.78, 5) is 37.8. The van der Waals surface area contributed by atoms with Crippen LogP contribution >= 0.6 is 0 Å². The number of esters is 1. The van der Waals surface area contributed by atoms with Crippen molar-refractivity contribution in [3.63, 3.8) is 0 Å². The summed E-state index contributed by atoms with van der Waals surface area (Å²) in [7, 11) is 0. The minimum Gasteiger partial charge on any atom is -0.494 e. The summed E-state index contributed by atoms with van der Waals surface area (Å²) >= 11 is 0. The summed E-state index contributed by atoms with van der Waals surface area (Å²) in [5.74, 6) is -0.644. The van der Waals surface area contributed by atoms with Gasteiger partial charge in [0.2, 0.25) is 0 Å². The Bertz CT molecular complexity index is 681. The predicted molar refractivity (Wildman–Crippen MR) is 107 cm³/mol. The van der Waals surface area contributed by atoms with E-state index >= 15 is 0 Å². The molecule has 8 nitrogen and oxygen atoms in total. The lowest BCUT2D eigenvalue weighted by Gasteiger charge is -2.35. The van der Waals surface area contributed by atoms with Crippen LogP contribution in [0.1, 0.15) is 44.0 Å². The molecular weight excluding hydrogens is 376 g/mol. The van der Waals surface area contributed by atoms with Gasteiger partial charge in [0.05, 0.1) is 18.8 Å². The number of morpholine rings is 1. The summed E-state index contributed by atoms with van der Waals surface area (Å²) in [5, 5.41) is 2.49. The van der Waals surface area contributed by atoms with Crippen LogP contribution in [0.2, 0.25) is 0 Å². The average molecular weight is 406 g/mol. The molecule has 0 saturated carbocycles. The summed E-state index contributed by atoms with van der Waals surface area (Å²) in [6.07, 6.45) is 1.91. The van der Waals surface area contributed by atoms with Gasteiger partial charge in [-0.15, -0.1) is 0 Å². The van der Waals surface area contributed by atoms with Gasteiger partial charge in [0, 0.05) is 18.7 Å². The van der Waals surface area contributed by atoms with Crippen molar-refractivity contribution in [1.29, 1.82) is 0 Å². The third-order valence-electron chi connectivity index (χ3n) is 4.41. The standard InChI is InChI=1S/C21H30N2O6/c1-4-5-10-27-18-8-6-17(7-9-18)21(26)22-11-20(25)28-14-19(24)23-12-15(2)29-16(3)13-23/h6-9,15-16H,4-5,10-14H2,1-3H3,(H,22,26)/t15-,16+. The maximum atomic E-state index is 12.2. The maximum Gasteiger partial charge on any atom is 0.325 e. The van der Waals surface area contributed by atoms with Gasteiger partial charge in [-0.05, 0) is 44.5 Å². The van der Waals surface area contributed by atoms with Gasteiger partial charge >= 0.3 is 5.97 Å². The van der Waals surface area contributed by atoms with Gasteiger partial charge in [-0.1, -0.05) is 13.3 Å². The molecule has 0 unspecified atom stereocenters. The molecule has 0 spiro atoms. The molecule has 1 aromatic rings. The predicted octanol–water partition coefficient (Wildman–Crippen LogP) is 1.77. The number of benzene rings is 1. The van der Waals surface area contributed by atoms with Crippen LogP contribution < -0.4 is 10.1 Å². The average Bonchev–Trinajstić information content (AvgIpc) is 2.70. The van der Waals surface area contributed by atoms with E-state index < -0.39 is 11.9 Å². The molecular formula is C21H30N2O6.